The topological polar surface area (TPSA) is 3.24 Å². The molecule has 0 spiro atoms. The summed E-state index contributed by atoms with van der Waals surface area (Å²) >= 11 is 0. The first-order chi connectivity index (χ1) is 6.58. The molecule has 0 amide bonds. The molecular weight excluding hydrogens is 202 g/mol. The van der Waals surface area contributed by atoms with Crippen LogP contribution in [0.15, 0.2) is 0 Å². The Balaban J connectivity index is 1.97. The molecule has 1 aliphatic rings. The van der Waals surface area contributed by atoms with Gasteiger partial charge < -0.3 is 4.57 Å². The maximum atomic E-state index is 2.80. The SMILES string of the molecule is C[Si](C)(C)CCC[SiH2]N1CCCCC1. The molecule has 1 heterocycles. The molecule has 0 aromatic heterocycles. The summed E-state index contributed by atoms with van der Waals surface area (Å²) in [5.41, 5.74) is 0. The van der Waals surface area contributed by atoms with Crippen LogP contribution in [0.4, 0.5) is 0 Å². The molecule has 1 saturated heterocycles. The molecule has 0 aromatic rings. The first kappa shape index (κ1) is 12.5. The van der Waals surface area contributed by atoms with Gasteiger partial charge in [-0.2, -0.15) is 0 Å². The van der Waals surface area contributed by atoms with E-state index in [1.165, 1.54) is 38.8 Å². The van der Waals surface area contributed by atoms with Crippen LogP contribution in [-0.4, -0.2) is 35.4 Å². The van der Waals surface area contributed by atoms with Gasteiger partial charge in [0.15, 0.2) is 0 Å². The first-order valence-electron chi connectivity index (χ1n) is 6.30. The highest BCUT2D eigenvalue weighted by molar-refractivity contribution is 6.76. The van der Waals surface area contributed by atoms with Gasteiger partial charge in [-0.05, 0) is 25.9 Å². The second-order valence-corrected chi connectivity index (χ2v) is 13.6. The quantitative estimate of drug-likeness (QED) is 0.518. The van der Waals surface area contributed by atoms with Crippen LogP contribution in [0.3, 0.4) is 0 Å². The summed E-state index contributed by atoms with van der Waals surface area (Å²) in [6.07, 6.45) is 5.96. The molecule has 0 bridgehead atoms. The van der Waals surface area contributed by atoms with Crippen molar-refractivity contribution in [3.63, 3.8) is 0 Å². The first-order valence-corrected chi connectivity index (χ1v) is 11.6. The maximum Gasteiger partial charge on any atom is 0.0950 e. The minimum atomic E-state index is -0.740. The highest BCUT2D eigenvalue weighted by Gasteiger charge is 2.13. The van der Waals surface area contributed by atoms with Crippen LogP contribution in [-0.2, 0) is 0 Å². The summed E-state index contributed by atoms with van der Waals surface area (Å²) in [6, 6.07) is 3.12. The fourth-order valence-electron chi connectivity index (χ4n) is 2.17. The van der Waals surface area contributed by atoms with E-state index in [0.717, 1.165) is 0 Å². The van der Waals surface area contributed by atoms with E-state index in [1.807, 2.05) is 0 Å². The standard InChI is InChI=1S/C11H27NSi2/c1-14(2,3)11-7-10-13-12-8-5-4-6-9-12/h4-11,13H2,1-3H3. The molecule has 84 valence electrons. The van der Waals surface area contributed by atoms with E-state index in [-0.39, 0.29) is 9.68 Å². The molecule has 0 unspecified atom stereocenters. The van der Waals surface area contributed by atoms with E-state index in [9.17, 15) is 0 Å². The summed E-state index contributed by atoms with van der Waals surface area (Å²) < 4.78 is 2.80. The Kier molecular flexibility index (Phi) is 5.41. The van der Waals surface area contributed by atoms with Gasteiger partial charge in [-0.25, -0.2) is 0 Å². The van der Waals surface area contributed by atoms with Gasteiger partial charge in [-0.15, -0.1) is 0 Å². The Labute approximate surface area is 93.2 Å². The minimum Gasteiger partial charge on any atom is -0.329 e. The van der Waals surface area contributed by atoms with Gasteiger partial charge in [0.1, 0.15) is 0 Å². The fraction of sp³-hybridized carbons (Fsp3) is 1.00. The molecule has 0 saturated carbocycles. The zero-order valence-corrected chi connectivity index (χ0v) is 12.7. The number of rotatable bonds is 5. The molecule has 1 nitrogen and oxygen atoms in total. The van der Waals surface area contributed by atoms with Gasteiger partial charge in [0.25, 0.3) is 0 Å². The lowest BCUT2D eigenvalue weighted by atomic mass is 10.2. The zero-order valence-electron chi connectivity index (χ0n) is 10.3. The smallest absolute Gasteiger partial charge is 0.0950 e. The number of nitrogens with zero attached hydrogens (tertiary/aromatic N) is 1. The van der Waals surface area contributed by atoms with Crippen LogP contribution in [0.1, 0.15) is 25.7 Å². The van der Waals surface area contributed by atoms with Gasteiger partial charge in [0.05, 0.1) is 9.68 Å². The maximum absolute atomic E-state index is 2.80. The Morgan fingerprint density at radius 2 is 1.71 bits per heavy atom. The third-order valence-electron chi connectivity index (χ3n) is 3.10. The van der Waals surface area contributed by atoms with Crippen molar-refractivity contribution in [1.82, 2.24) is 4.57 Å². The van der Waals surface area contributed by atoms with Crippen molar-refractivity contribution >= 4 is 17.8 Å². The zero-order chi connectivity index (χ0) is 10.4. The van der Waals surface area contributed by atoms with Crippen molar-refractivity contribution < 1.29 is 0 Å². The molecular formula is C11H27NSi2. The molecule has 0 aromatic carbocycles. The summed E-state index contributed by atoms with van der Waals surface area (Å²) in [4.78, 5) is 0. The summed E-state index contributed by atoms with van der Waals surface area (Å²) in [5.74, 6) is 0. The predicted molar refractivity (Wildman–Crippen MR) is 71.5 cm³/mol. The largest absolute Gasteiger partial charge is 0.329 e. The van der Waals surface area contributed by atoms with E-state index >= 15 is 0 Å². The third kappa shape index (κ3) is 5.99. The molecule has 3 heteroatoms. The van der Waals surface area contributed by atoms with Crippen LogP contribution in [0.25, 0.3) is 0 Å². The van der Waals surface area contributed by atoms with E-state index in [4.69, 9.17) is 0 Å². The van der Waals surface area contributed by atoms with E-state index in [1.54, 1.807) is 12.1 Å². The van der Waals surface area contributed by atoms with Crippen molar-refractivity contribution in [3.8, 4) is 0 Å². The molecule has 0 N–H and O–H groups in total. The van der Waals surface area contributed by atoms with E-state index < -0.39 is 8.07 Å². The fourth-order valence-corrected chi connectivity index (χ4v) is 5.80. The minimum absolute atomic E-state index is 0.152. The van der Waals surface area contributed by atoms with Gasteiger partial charge in [-0.1, -0.05) is 44.6 Å². The van der Waals surface area contributed by atoms with Crippen molar-refractivity contribution in [2.75, 3.05) is 13.1 Å². The molecule has 1 rings (SSSR count). The lowest BCUT2D eigenvalue weighted by Crippen LogP contribution is -2.33. The van der Waals surface area contributed by atoms with Crippen LogP contribution < -0.4 is 0 Å². The molecule has 14 heavy (non-hydrogen) atoms. The van der Waals surface area contributed by atoms with Crippen molar-refractivity contribution in [2.24, 2.45) is 0 Å². The monoisotopic (exact) mass is 229 g/mol. The molecule has 1 aliphatic heterocycles. The molecule has 0 aliphatic carbocycles. The second-order valence-electron chi connectivity index (χ2n) is 5.92. The average molecular weight is 230 g/mol. The van der Waals surface area contributed by atoms with Gasteiger partial charge in [0.2, 0.25) is 0 Å². The third-order valence-corrected chi connectivity index (χ3v) is 7.03. The van der Waals surface area contributed by atoms with Gasteiger partial charge >= 0.3 is 0 Å². The lowest BCUT2D eigenvalue weighted by molar-refractivity contribution is 0.359. The van der Waals surface area contributed by atoms with Crippen molar-refractivity contribution in [3.05, 3.63) is 0 Å². The number of hydrogen-bond donors (Lipinski definition) is 0. The second kappa shape index (κ2) is 6.08. The Hall–Kier alpha value is 0.394. The molecule has 1 fully saturated rings. The Morgan fingerprint density at radius 3 is 2.29 bits per heavy atom. The van der Waals surface area contributed by atoms with Crippen LogP contribution in [0, 0.1) is 0 Å². The Bertz CT molecular complexity index is 148. The number of piperidine rings is 1. The Morgan fingerprint density at radius 1 is 1.07 bits per heavy atom. The highest BCUT2D eigenvalue weighted by Crippen LogP contribution is 2.14. The normalized spacial score (nSPS) is 20.8. The average Bonchev–Trinajstić information content (AvgIpc) is 2.13. The predicted octanol–water partition coefficient (Wildman–Crippen LogP) is 2.70. The van der Waals surface area contributed by atoms with Crippen molar-refractivity contribution in [1.29, 1.82) is 0 Å². The van der Waals surface area contributed by atoms with Crippen molar-refractivity contribution in [2.45, 2.75) is 57.4 Å². The van der Waals surface area contributed by atoms with E-state index in [0.29, 0.717) is 0 Å². The van der Waals surface area contributed by atoms with E-state index in [2.05, 4.69) is 24.2 Å². The van der Waals surface area contributed by atoms with Crippen LogP contribution in [0.5, 0.6) is 0 Å². The lowest BCUT2D eigenvalue weighted by Gasteiger charge is -2.26. The number of hydrogen-bond acceptors (Lipinski definition) is 1. The molecule has 0 radical (unpaired) electrons. The van der Waals surface area contributed by atoms with Gasteiger partial charge in [-0.3, -0.25) is 0 Å². The van der Waals surface area contributed by atoms with Crippen LogP contribution >= 0.6 is 0 Å². The summed E-state index contributed by atoms with van der Waals surface area (Å²) in [7, 11) is -0.588. The van der Waals surface area contributed by atoms with Gasteiger partial charge in [0, 0.05) is 8.07 Å². The molecule has 0 atom stereocenters. The van der Waals surface area contributed by atoms with Crippen LogP contribution in [0.2, 0.25) is 31.7 Å². The summed E-state index contributed by atoms with van der Waals surface area (Å²) in [5, 5.41) is 0. The summed E-state index contributed by atoms with van der Waals surface area (Å²) in [6.45, 7) is 10.3. The highest BCUT2D eigenvalue weighted by atomic mass is 28.3.